The van der Waals surface area contributed by atoms with Crippen LogP contribution in [0.3, 0.4) is 0 Å². The van der Waals surface area contributed by atoms with E-state index in [1.165, 1.54) is 26.0 Å². The molecule has 0 radical (unpaired) electrons. The molecule has 1 aliphatic heterocycles. The Labute approximate surface area is 235 Å². The van der Waals surface area contributed by atoms with Gasteiger partial charge in [-0.05, 0) is 31.1 Å². The number of hydrogen-bond donors (Lipinski definition) is 1. The summed E-state index contributed by atoms with van der Waals surface area (Å²) in [5.74, 6) is -0.801. The van der Waals surface area contributed by atoms with Crippen LogP contribution < -0.4 is 0 Å². The van der Waals surface area contributed by atoms with E-state index < -0.39 is 12.6 Å². The van der Waals surface area contributed by atoms with Gasteiger partial charge in [0, 0.05) is 64.8 Å². The maximum absolute atomic E-state index is 13.5. The minimum atomic E-state index is -0.721. The monoisotopic (exact) mass is 562 g/mol. The Morgan fingerprint density at radius 1 is 1.10 bits per heavy atom. The maximum Gasteiger partial charge on any atom is 0.288 e. The van der Waals surface area contributed by atoms with Gasteiger partial charge in [-0.25, -0.2) is 0 Å². The van der Waals surface area contributed by atoms with Gasteiger partial charge in [0.05, 0.1) is 38.5 Å². The number of carbonyl (C=O) groups excluding carboxylic acids is 2. The molecule has 3 rings (SSSR count). The predicted molar refractivity (Wildman–Crippen MR) is 148 cm³/mol. The largest absolute Gasteiger partial charge is 0.459 e. The van der Waals surface area contributed by atoms with Crippen molar-refractivity contribution in [2.24, 2.45) is 5.92 Å². The van der Waals surface area contributed by atoms with Gasteiger partial charge in [-0.2, -0.15) is 0 Å². The van der Waals surface area contributed by atoms with Crippen LogP contribution in [0.4, 0.5) is 0 Å². The van der Waals surface area contributed by atoms with Gasteiger partial charge in [-0.3, -0.25) is 14.2 Å². The third-order valence-electron chi connectivity index (χ3n) is 6.87. The molecular formula is C29H42N2O9. The Hall–Kier alpha value is -2.80. The third kappa shape index (κ3) is 7.90. The third-order valence-corrected chi connectivity index (χ3v) is 6.87. The van der Waals surface area contributed by atoms with E-state index in [1.807, 2.05) is 43.5 Å². The number of carbonyl (C=O) groups is 2. The summed E-state index contributed by atoms with van der Waals surface area (Å²) < 4.78 is 35.5. The van der Waals surface area contributed by atoms with E-state index in [9.17, 15) is 9.59 Å². The summed E-state index contributed by atoms with van der Waals surface area (Å²) in [6, 6.07) is 7.71. The number of aromatic nitrogens is 1. The zero-order chi connectivity index (χ0) is 29.1. The summed E-state index contributed by atoms with van der Waals surface area (Å²) in [6.07, 6.45) is 2.93. The smallest absolute Gasteiger partial charge is 0.288 e. The lowest BCUT2D eigenvalue weighted by atomic mass is 9.81. The van der Waals surface area contributed by atoms with Gasteiger partial charge in [0.15, 0.2) is 12.0 Å². The fraction of sp³-hybridized carbons (Fsp3) is 0.586. The minimum Gasteiger partial charge on any atom is -0.459 e. The van der Waals surface area contributed by atoms with Crippen molar-refractivity contribution in [2.75, 3.05) is 67.5 Å². The van der Waals surface area contributed by atoms with Crippen LogP contribution in [-0.2, 0) is 33.2 Å². The van der Waals surface area contributed by atoms with E-state index in [4.69, 9.17) is 33.5 Å². The molecule has 1 N–H and O–H groups in total. The zero-order valence-corrected chi connectivity index (χ0v) is 24.0. The summed E-state index contributed by atoms with van der Waals surface area (Å²) in [5.41, 5.74) is 1.69. The average Bonchev–Trinajstić information content (AvgIpc) is 3.35. The second-order valence-electron chi connectivity index (χ2n) is 9.48. The van der Waals surface area contributed by atoms with E-state index in [0.29, 0.717) is 32.8 Å². The Bertz CT molecular complexity index is 1130. The van der Waals surface area contributed by atoms with Crippen LogP contribution in [0.5, 0.6) is 0 Å². The number of amides is 1. The summed E-state index contributed by atoms with van der Waals surface area (Å²) in [6.45, 7) is 5.37. The lowest BCUT2D eigenvalue weighted by molar-refractivity contribution is -0.174. The Morgan fingerprint density at radius 2 is 1.80 bits per heavy atom. The molecule has 3 atom stereocenters. The van der Waals surface area contributed by atoms with Crippen molar-refractivity contribution in [3.05, 3.63) is 47.9 Å². The van der Waals surface area contributed by atoms with Gasteiger partial charge in [-0.15, -0.1) is 0 Å². The number of aliphatic hydroxyl groups excluding tert-OH is 1. The molecule has 0 aliphatic carbocycles. The lowest BCUT2D eigenvalue weighted by Gasteiger charge is -2.37. The van der Waals surface area contributed by atoms with Crippen molar-refractivity contribution in [3.63, 3.8) is 0 Å². The van der Waals surface area contributed by atoms with E-state index in [0.717, 1.165) is 16.5 Å². The van der Waals surface area contributed by atoms with Crippen LogP contribution in [0.1, 0.15) is 36.5 Å². The van der Waals surface area contributed by atoms with Gasteiger partial charge in [0.1, 0.15) is 0 Å². The van der Waals surface area contributed by atoms with Crippen LogP contribution in [-0.4, -0.2) is 106 Å². The number of nitrogens with zero attached hydrogens (tertiary/aromatic N) is 2. The summed E-state index contributed by atoms with van der Waals surface area (Å²) in [5, 5.41) is 9.78. The standard InChI is InChI=1S/C29H42N2O9/c1-6-39-29-22(11-13-37-15-16-38-14-12-32)23(17-26(40-29)28(34)30(3)19-27(35-4)36-5)24-18-31(20(2)33)25-10-8-7-9-21(24)25/h7-10,17-18,22-23,27,29,32H,6,11-16,19H2,1-5H3/t22-,23-,29+/m1/s1. The number of rotatable bonds is 16. The van der Waals surface area contributed by atoms with Gasteiger partial charge >= 0.3 is 0 Å². The number of methoxy groups -OCH3 is 2. The number of aliphatic hydroxyl groups is 1. The van der Waals surface area contributed by atoms with Crippen LogP contribution >= 0.6 is 0 Å². The summed E-state index contributed by atoms with van der Waals surface area (Å²) in [4.78, 5) is 27.5. The molecule has 0 spiro atoms. The highest BCUT2D eigenvalue weighted by Gasteiger charge is 2.40. The van der Waals surface area contributed by atoms with Gasteiger partial charge in [0.25, 0.3) is 5.91 Å². The van der Waals surface area contributed by atoms with Crippen molar-refractivity contribution in [2.45, 2.75) is 38.8 Å². The first-order chi connectivity index (χ1) is 19.4. The second-order valence-corrected chi connectivity index (χ2v) is 9.48. The van der Waals surface area contributed by atoms with Crippen LogP contribution in [0.25, 0.3) is 10.9 Å². The normalized spacial score (nSPS) is 19.1. The van der Waals surface area contributed by atoms with Crippen LogP contribution in [0.15, 0.2) is 42.3 Å². The number of allylic oxidation sites excluding steroid dienone is 1. The van der Waals surface area contributed by atoms with Crippen LogP contribution in [0, 0.1) is 5.92 Å². The fourth-order valence-corrected chi connectivity index (χ4v) is 4.87. The second kappa shape index (κ2) is 15.8. The SMILES string of the molecule is CCO[C@H]1OC(C(=O)N(C)CC(OC)OC)=C[C@@H](c2cn(C(C)=O)c3ccccc23)[C@H]1CCOCCOCCO. The average molecular weight is 563 g/mol. The number of likely N-dealkylation sites (N-methyl/N-ethyl adjacent to an activating group) is 1. The van der Waals surface area contributed by atoms with Gasteiger partial charge < -0.3 is 38.4 Å². The number of benzene rings is 1. The predicted octanol–water partition coefficient (Wildman–Crippen LogP) is 2.77. The Balaban J connectivity index is 1.98. The maximum atomic E-state index is 13.5. The molecule has 0 bridgehead atoms. The topological polar surface area (TPSA) is 118 Å². The van der Waals surface area contributed by atoms with Crippen molar-refractivity contribution >= 4 is 22.7 Å². The van der Waals surface area contributed by atoms with Crippen molar-refractivity contribution in [1.29, 1.82) is 0 Å². The van der Waals surface area contributed by atoms with Crippen molar-refractivity contribution < 1.29 is 43.1 Å². The summed E-state index contributed by atoms with van der Waals surface area (Å²) >= 11 is 0. The van der Waals surface area contributed by atoms with Crippen LogP contribution in [0.2, 0.25) is 0 Å². The number of ether oxygens (including phenoxy) is 6. The highest BCUT2D eigenvalue weighted by atomic mass is 16.7. The van der Waals surface area contributed by atoms with Gasteiger partial charge in [0.2, 0.25) is 12.2 Å². The molecule has 11 heteroatoms. The van der Waals surface area contributed by atoms with Gasteiger partial charge in [-0.1, -0.05) is 18.2 Å². The van der Waals surface area contributed by atoms with E-state index in [2.05, 4.69) is 0 Å². The molecule has 0 unspecified atom stereocenters. The number of hydrogen-bond acceptors (Lipinski definition) is 9. The van der Waals surface area contributed by atoms with E-state index in [-0.39, 0.29) is 49.2 Å². The quantitative estimate of drug-likeness (QED) is 0.243. The first kappa shape index (κ1) is 31.7. The van der Waals surface area contributed by atoms with Crippen molar-refractivity contribution in [3.8, 4) is 0 Å². The number of fused-ring (bicyclic) bond motifs is 1. The summed E-state index contributed by atoms with van der Waals surface area (Å²) in [7, 11) is 4.68. The Morgan fingerprint density at radius 3 is 2.45 bits per heavy atom. The highest BCUT2D eigenvalue weighted by Crippen LogP contribution is 2.42. The number of para-hydroxylation sites is 1. The molecule has 222 valence electrons. The molecule has 0 fully saturated rings. The molecule has 2 heterocycles. The molecule has 11 nitrogen and oxygen atoms in total. The molecule has 2 aromatic rings. The zero-order valence-electron chi connectivity index (χ0n) is 24.0. The molecule has 0 saturated heterocycles. The fourth-order valence-electron chi connectivity index (χ4n) is 4.87. The first-order valence-electron chi connectivity index (χ1n) is 13.5. The molecule has 1 amide bonds. The molecular weight excluding hydrogens is 520 g/mol. The highest BCUT2D eigenvalue weighted by molar-refractivity contribution is 5.95. The van der Waals surface area contributed by atoms with E-state index >= 15 is 0 Å². The first-order valence-corrected chi connectivity index (χ1v) is 13.5. The minimum absolute atomic E-state index is 0.0365. The molecule has 0 saturated carbocycles. The molecule has 1 aromatic carbocycles. The molecule has 1 aromatic heterocycles. The lowest BCUT2D eigenvalue weighted by Crippen LogP contribution is -2.42. The van der Waals surface area contributed by atoms with E-state index in [1.54, 1.807) is 11.6 Å². The molecule has 40 heavy (non-hydrogen) atoms. The molecule has 1 aliphatic rings. The Kier molecular flexibility index (Phi) is 12.6. The van der Waals surface area contributed by atoms with Crippen molar-refractivity contribution in [1.82, 2.24) is 9.47 Å².